The smallest absolute Gasteiger partial charge is 0.306 e. The van der Waals surface area contributed by atoms with Gasteiger partial charge in [-0.15, -0.1) is 0 Å². The van der Waals surface area contributed by atoms with Crippen LogP contribution in [0.4, 0.5) is 0 Å². The lowest BCUT2D eigenvalue weighted by atomic mass is 9.89. The van der Waals surface area contributed by atoms with Crippen LogP contribution in [0.2, 0.25) is 0 Å². The number of nitrogens with zero attached hydrogens (tertiary/aromatic N) is 2. The van der Waals surface area contributed by atoms with Crippen molar-refractivity contribution in [2.75, 3.05) is 13.7 Å². The maximum atomic E-state index is 12.7. The predicted molar refractivity (Wildman–Crippen MR) is 150 cm³/mol. The van der Waals surface area contributed by atoms with E-state index in [1.807, 2.05) is 31.3 Å². The first-order valence-electron chi connectivity index (χ1n) is 13.4. The van der Waals surface area contributed by atoms with Crippen molar-refractivity contribution in [3.8, 4) is 5.75 Å². The van der Waals surface area contributed by atoms with Crippen LogP contribution in [0, 0.1) is 6.92 Å². The highest BCUT2D eigenvalue weighted by Gasteiger charge is 2.29. The fourth-order valence-corrected chi connectivity index (χ4v) is 6.63. The third kappa shape index (κ3) is 5.40. The number of ether oxygens (including phenoxy) is 2. The van der Waals surface area contributed by atoms with Crippen molar-refractivity contribution in [3.63, 3.8) is 0 Å². The van der Waals surface area contributed by atoms with Gasteiger partial charge < -0.3 is 14.0 Å². The molecular weight excluding hydrogens is 496 g/mol. The lowest BCUT2D eigenvalue weighted by Crippen LogP contribution is -2.29. The SMILES string of the molecule is CC[C@@H]1CN(Cc2cc(C(CC(=O)OC)c3cc4c(n3C)CCCC4=O)ccc2C)Sc2ccccc2O1. The second-order valence-corrected chi connectivity index (χ2v) is 11.4. The summed E-state index contributed by atoms with van der Waals surface area (Å²) < 4.78 is 15.9. The van der Waals surface area contributed by atoms with Crippen molar-refractivity contribution in [2.24, 2.45) is 7.05 Å². The number of fused-ring (bicyclic) bond motifs is 2. The van der Waals surface area contributed by atoms with Gasteiger partial charge in [-0.1, -0.05) is 37.3 Å². The number of carbonyl (C=O) groups excluding carboxylic acids is 2. The molecular formula is C31H36N2O4S. The fraction of sp³-hybridized carbons (Fsp3) is 0.419. The van der Waals surface area contributed by atoms with Crippen LogP contribution in [0.25, 0.3) is 0 Å². The summed E-state index contributed by atoms with van der Waals surface area (Å²) >= 11 is 1.74. The van der Waals surface area contributed by atoms with E-state index < -0.39 is 0 Å². The third-order valence-electron chi connectivity index (χ3n) is 7.82. The van der Waals surface area contributed by atoms with E-state index in [1.54, 1.807) is 11.9 Å². The van der Waals surface area contributed by atoms with E-state index in [0.29, 0.717) is 6.42 Å². The minimum Gasteiger partial charge on any atom is -0.488 e. The molecule has 0 fully saturated rings. The number of rotatable bonds is 7. The quantitative estimate of drug-likeness (QED) is 0.266. The molecule has 7 heteroatoms. The van der Waals surface area contributed by atoms with Crippen LogP contribution in [0.3, 0.4) is 0 Å². The summed E-state index contributed by atoms with van der Waals surface area (Å²) in [4.78, 5) is 26.3. The number of aryl methyl sites for hydroxylation is 1. The van der Waals surface area contributed by atoms with E-state index in [-0.39, 0.29) is 30.2 Å². The van der Waals surface area contributed by atoms with E-state index in [9.17, 15) is 9.59 Å². The Morgan fingerprint density at radius 3 is 2.76 bits per heavy atom. The Kier molecular flexibility index (Phi) is 7.96. The van der Waals surface area contributed by atoms with Gasteiger partial charge in [0.1, 0.15) is 11.9 Å². The van der Waals surface area contributed by atoms with Crippen molar-refractivity contribution >= 4 is 23.7 Å². The van der Waals surface area contributed by atoms with Crippen LogP contribution in [-0.2, 0) is 29.5 Å². The number of hydrogen-bond donors (Lipinski definition) is 0. The molecule has 3 aromatic rings. The minimum atomic E-state index is -0.259. The zero-order chi connectivity index (χ0) is 26.8. The number of carbonyl (C=O) groups is 2. The molecule has 1 aromatic heterocycles. The number of aromatic nitrogens is 1. The van der Waals surface area contributed by atoms with Crippen molar-refractivity contribution < 1.29 is 19.1 Å². The molecule has 2 aromatic carbocycles. The second-order valence-electron chi connectivity index (χ2n) is 10.3. The van der Waals surface area contributed by atoms with Crippen molar-refractivity contribution in [1.82, 2.24) is 8.87 Å². The molecule has 2 aliphatic rings. The second kappa shape index (κ2) is 11.4. The van der Waals surface area contributed by atoms with Crippen LogP contribution in [-0.4, -0.2) is 40.4 Å². The molecule has 0 saturated carbocycles. The summed E-state index contributed by atoms with van der Waals surface area (Å²) in [7, 11) is 3.45. The van der Waals surface area contributed by atoms with E-state index >= 15 is 0 Å². The Labute approximate surface area is 229 Å². The van der Waals surface area contributed by atoms with Crippen LogP contribution in [0.1, 0.15) is 77.0 Å². The normalized spacial score (nSPS) is 18.2. The maximum absolute atomic E-state index is 12.7. The molecule has 0 radical (unpaired) electrons. The zero-order valence-corrected chi connectivity index (χ0v) is 23.5. The molecule has 6 nitrogen and oxygen atoms in total. The lowest BCUT2D eigenvalue weighted by molar-refractivity contribution is -0.140. The molecule has 200 valence electrons. The summed E-state index contributed by atoms with van der Waals surface area (Å²) in [5.41, 5.74) is 6.35. The average Bonchev–Trinajstić information content (AvgIpc) is 3.14. The van der Waals surface area contributed by atoms with Gasteiger partial charge in [-0.3, -0.25) is 9.59 Å². The molecule has 38 heavy (non-hydrogen) atoms. The first-order valence-corrected chi connectivity index (χ1v) is 14.2. The fourth-order valence-electron chi connectivity index (χ4n) is 5.56. The molecule has 2 atom stereocenters. The minimum absolute atomic E-state index is 0.119. The Hall–Kier alpha value is -3.03. The van der Waals surface area contributed by atoms with Gasteiger partial charge in [0.25, 0.3) is 0 Å². The highest BCUT2D eigenvalue weighted by Crippen LogP contribution is 2.38. The number of para-hydroxylation sites is 1. The summed E-state index contributed by atoms with van der Waals surface area (Å²) in [5.74, 6) is 0.679. The van der Waals surface area contributed by atoms with Crippen molar-refractivity contribution in [2.45, 2.75) is 69.4 Å². The molecule has 1 aliphatic carbocycles. The molecule has 2 heterocycles. The van der Waals surface area contributed by atoms with Gasteiger partial charge in [-0.05, 0) is 73.0 Å². The van der Waals surface area contributed by atoms with Gasteiger partial charge in [0, 0.05) is 49.4 Å². The predicted octanol–water partition coefficient (Wildman–Crippen LogP) is 6.23. The van der Waals surface area contributed by atoms with Crippen LogP contribution in [0.15, 0.2) is 53.4 Å². The monoisotopic (exact) mass is 532 g/mol. The van der Waals surface area contributed by atoms with Gasteiger partial charge in [0.2, 0.25) is 0 Å². The molecule has 0 saturated heterocycles. The van der Waals surface area contributed by atoms with Crippen LogP contribution >= 0.6 is 11.9 Å². The summed E-state index contributed by atoms with van der Waals surface area (Å²) in [5, 5.41) is 0. The van der Waals surface area contributed by atoms with E-state index in [1.165, 1.54) is 18.2 Å². The van der Waals surface area contributed by atoms with Crippen LogP contribution in [0.5, 0.6) is 5.75 Å². The summed E-state index contributed by atoms with van der Waals surface area (Å²) in [6.45, 7) is 5.87. The third-order valence-corrected chi connectivity index (χ3v) is 8.89. The maximum Gasteiger partial charge on any atom is 0.306 e. The zero-order valence-electron chi connectivity index (χ0n) is 22.7. The largest absolute Gasteiger partial charge is 0.488 e. The van der Waals surface area contributed by atoms with Crippen molar-refractivity contribution in [3.05, 3.63) is 82.2 Å². The Morgan fingerprint density at radius 1 is 1.18 bits per heavy atom. The first-order chi connectivity index (χ1) is 18.4. The van der Waals surface area contributed by atoms with Gasteiger partial charge >= 0.3 is 5.97 Å². The number of hydrogen-bond acceptors (Lipinski definition) is 6. The van der Waals surface area contributed by atoms with Gasteiger partial charge in [-0.25, -0.2) is 4.31 Å². The van der Waals surface area contributed by atoms with Gasteiger partial charge in [0.05, 0.1) is 18.4 Å². The Bertz CT molecular complexity index is 1350. The molecule has 1 unspecified atom stereocenters. The number of Topliss-reactive ketones (excluding diaryl/α,β-unsaturated/α-hetero) is 1. The molecule has 0 amide bonds. The molecule has 0 spiro atoms. The Balaban J connectivity index is 1.49. The Morgan fingerprint density at radius 2 is 2.00 bits per heavy atom. The molecule has 1 aliphatic heterocycles. The van der Waals surface area contributed by atoms with E-state index in [0.717, 1.165) is 65.5 Å². The highest BCUT2D eigenvalue weighted by molar-refractivity contribution is 7.97. The van der Waals surface area contributed by atoms with Gasteiger partial charge in [0.15, 0.2) is 5.78 Å². The number of benzene rings is 2. The van der Waals surface area contributed by atoms with Crippen LogP contribution < -0.4 is 4.74 Å². The molecule has 0 N–H and O–H groups in total. The topological polar surface area (TPSA) is 60.8 Å². The van der Waals surface area contributed by atoms with E-state index in [4.69, 9.17) is 9.47 Å². The lowest BCUT2D eigenvalue weighted by Gasteiger charge is -2.24. The summed E-state index contributed by atoms with van der Waals surface area (Å²) in [6.07, 6.45) is 3.62. The standard InChI is InChI=1S/C31H36N2O4S/c1-5-23-19-33(38-30-12-7-6-11-29(30)37-23)18-22-15-21(14-13-20(22)2)24(17-31(35)36-4)27-16-25-26(32(27)3)9-8-10-28(25)34/h6-7,11-16,23-24H,5,8-10,17-19H2,1-4H3/t23-,24?/m1/s1. The number of ketones is 1. The molecule has 0 bridgehead atoms. The first kappa shape index (κ1) is 26.6. The molecule has 5 rings (SSSR count). The van der Waals surface area contributed by atoms with E-state index in [2.05, 4.69) is 47.0 Å². The number of methoxy groups -OCH3 is 1. The summed E-state index contributed by atoms with van der Waals surface area (Å²) in [6, 6.07) is 16.7. The number of esters is 1. The van der Waals surface area contributed by atoms with Gasteiger partial charge in [-0.2, -0.15) is 0 Å². The van der Waals surface area contributed by atoms with Crippen molar-refractivity contribution in [1.29, 1.82) is 0 Å². The average molecular weight is 533 g/mol. The highest BCUT2D eigenvalue weighted by atomic mass is 32.2.